The van der Waals surface area contributed by atoms with Crippen molar-refractivity contribution in [3.63, 3.8) is 0 Å². The van der Waals surface area contributed by atoms with Gasteiger partial charge in [0.1, 0.15) is 11.5 Å². The SMILES string of the molecule is CC1=Cc2c(c3cc(C)c(O)cc3c3ccc(O)cc23)CC1(C)O. The molecule has 0 radical (unpaired) electrons. The monoisotopic (exact) mass is 320 g/mol. The van der Waals surface area contributed by atoms with Gasteiger partial charge in [-0.25, -0.2) is 0 Å². The van der Waals surface area contributed by atoms with E-state index in [1.54, 1.807) is 18.2 Å². The molecule has 3 aromatic rings. The zero-order valence-corrected chi connectivity index (χ0v) is 14.0. The lowest BCUT2D eigenvalue weighted by atomic mass is 9.77. The van der Waals surface area contributed by atoms with Crippen molar-refractivity contribution in [3.05, 3.63) is 52.6 Å². The van der Waals surface area contributed by atoms with E-state index in [1.165, 1.54) is 0 Å². The molecule has 1 unspecified atom stereocenters. The van der Waals surface area contributed by atoms with Crippen molar-refractivity contribution < 1.29 is 15.3 Å². The summed E-state index contributed by atoms with van der Waals surface area (Å²) in [5, 5.41) is 34.8. The number of phenolic OH excluding ortho intramolecular Hbond substituents is 2. The number of hydrogen-bond donors (Lipinski definition) is 3. The van der Waals surface area contributed by atoms with Gasteiger partial charge in [0, 0.05) is 6.42 Å². The first-order chi connectivity index (χ1) is 11.3. The molecule has 122 valence electrons. The first kappa shape index (κ1) is 15.0. The smallest absolute Gasteiger partial charge is 0.119 e. The first-order valence-electron chi connectivity index (χ1n) is 8.10. The number of aliphatic hydroxyl groups is 1. The van der Waals surface area contributed by atoms with E-state index in [9.17, 15) is 15.3 Å². The van der Waals surface area contributed by atoms with Crippen LogP contribution in [-0.2, 0) is 6.42 Å². The number of aryl methyl sites for hydroxylation is 1. The van der Waals surface area contributed by atoms with Crippen LogP contribution in [0.1, 0.15) is 30.5 Å². The number of benzene rings is 3. The Morgan fingerprint density at radius 3 is 2.42 bits per heavy atom. The molecular formula is C21H20O3. The van der Waals surface area contributed by atoms with Gasteiger partial charge < -0.3 is 15.3 Å². The lowest BCUT2D eigenvalue weighted by Gasteiger charge is -2.31. The number of phenols is 2. The fraction of sp³-hybridized carbons (Fsp3) is 0.238. The topological polar surface area (TPSA) is 60.7 Å². The molecule has 0 spiro atoms. The maximum Gasteiger partial charge on any atom is 0.119 e. The Morgan fingerprint density at radius 2 is 1.67 bits per heavy atom. The maximum absolute atomic E-state index is 10.7. The quantitative estimate of drug-likeness (QED) is 0.537. The van der Waals surface area contributed by atoms with E-state index in [2.05, 4.69) is 0 Å². The number of hydrogen-bond acceptors (Lipinski definition) is 3. The molecule has 0 heterocycles. The van der Waals surface area contributed by atoms with E-state index in [1.807, 2.05) is 39.0 Å². The van der Waals surface area contributed by atoms with Crippen molar-refractivity contribution in [1.29, 1.82) is 0 Å². The van der Waals surface area contributed by atoms with Crippen molar-refractivity contribution in [3.8, 4) is 11.5 Å². The molecule has 0 aromatic heterocycles. The number of aromatic hydroxyl groups is 2. The summed E-state index contributed by atoms with van der Waals surface area (Å²) in [6.45, 7) is 5.64. The van der Waals surface area contributed by atoms with Crippen molar-refractivity contribution in [2.45, 2.75) is 32.8 Å². The Bertz CT molecular complexity index is 1040. The van der Waals surface area contributed by atoms with Crippen molar-refractivity contribution in [2.24, 2.45) is 0 Å². The average Bonchev–Trinajstić information content (AvgIpc) is 2.51. The van der Waals surface area contributed by atoms with Crippen LogP contribution in [0.3, 0.4) is 0 Å². The highest BCUT2D eigenvalue weighted by Crippen LogP contribution is 2.43. The third-order valence-electron chi connectivity index (χ3n) is 5.30. The average molecular weight is 320 g/mol. The minimum atomic E-state index is -0.893. The van der Waals surface area contributed by atoms with Crippen LogP contribution in [0.5, 0.6) is 11.5 Å². The Labute approximate surface area is 140 Å². The second-order valence-corrected chi connectivity index (χ2v) is 7.08. The van der Waals surface area contributed by atoms with E-state index in [0.29, 0.717) is 6.42 Å². The van der Waals surface area contributed by atoms with Gasteiger partial charge in [0.25, 0.3) is 0 Å². The molecule has 3 heteroatoms. The van der Waals surface area contributed by atoms with Gasteiger partial charge in [0.05, 0.1) is 5.60 Å². The second kappa shape index (κ2) is 4.74. The second-order valence-electron chi connectivity index (χ2n) is 7.08. The van der Waals surface area contributed by atoms with Crippen LogP contribution in [-0.4, -0.2) is 20.9 Å². The molecule has 0 saturated heterocycles. The molecule has 1 aliphatic rings. The number of rotatable bonds is 0. The van der Waals surface area contributed by atoms with Gasteiger partial charge in [0.2, 0.25) is 0 Å². The van der Waals surface area contributed by atoms with Crippen LogP contribution >= 0.6 is 0 Å². The Hall–Kier alpha value is -2.52. The standard InChI is InChI=1S/C21H20O3/c1-11-6-15-18(9-20(11)23)14-5-4-13(22)8-17(14)16-7-12(2)21(3,24)10-19(15)16/h4-9,22-24H,10H2,1-3H3. The molecule has 0 fully saturated rings. The molecule has 1 aliphatic carbocycles. The Morgan fingerprint density at radius 1 is 0.917 bits per heavy atom. The normalized spacial score (nSPS) is 20.2. The lowest BCUT2D eigenvalue weighted by molar-refractivity contribution is 0.0991. The van der Waals surface area contributed by atoms with E-state index >= 15 is 0 Å². The molecule has 0 saturated carbocycles. The van der Waals surface area contributed by atoms with Gasteiger partial charge in [-0.3, -0.25) is 0 Å². The van der Waals surface area contributed by atoms with Gasteiger partial charge in [-0.2, -0.15) is 0 Å². The Balaban J connectivity index is 2.26. The molecule has 0 aliphatic heterocycles. The van der Waals surface area contributed by atoms with Gasteiger partial charge in [-0.1, -0.05) is 12.1 Å². The molecule has 0 amide bonds. The highest BCUT2D eigenvalue weighted by atomic mass is 16.3. The minimum absolute atomic E-state index is 0.212. The van der Waals surface area contributed by atoms with Crippen LogP contribution in [0, 0.1) is 6.92 Å². The highest BCUT2D eigenvalue weighted by Gasteiger charge is 2.30. The molecule has 1 atom stereocenters. The molecule has 3 aromatic carbocycles. The van der Waals surface area contributed by atoms with Gasteiger partial charge >= 0.3 is 0 Å². The van der Waals surface area contributed by atoms with Gasteiger partial charge in [0.15, 0.2) is 0 Å². The highest BCUT2D eigenvalue weighted by molar-refractivity contribution is 6.14. The van der Waals surface area contributed by atoms with Crippen LogP contribution in [0.25, 0.3) is 27.6 Å². The Kier molecular flexibility index (Phi) is 2.97. The largest absolute Gasteiger partial charge is 0.508 e. The van der Waals surface area contributed by atoms with E-state index < -0.39 is 5.60 Å². The molecule has 24 heavy (non-hydrogen) atoms. The molecule has 3 N–H and O–H groups in total. The van der Waals surface area contributed by atoms with Gasteiger partial charge in [-0.15, -0.1) is 0 Å². The van der Waals surface area contributed by atoms with E-state index in [0.717, 1.165) is 43.8 Å². The van der Waals surface area contributed by atoms with Crippen molar-refractivity contribution in [1.82, 2.24) is 0 Å². The summed E-state index contributed by atoms with van der Waals surface area (Å²) < 4.78 is 0. The molecule has 3 nitrogen and oxygen atoms in total. The third-order valence-corrected chi connectivity index (χ3v) is 5.30. The third kappa shape index (κ3) is 2.01. The van der Waals surface area contributed by atoms with Crippen LogP contribution < -0.4 is 0 Å². The van der Waals surface area contributed by atoms with Crippen LogP contribution in [0.4, 0.5) is 0 Å². The van der Waals surface area contributed by atoms with Crippen LogP contribution in [0.2, 0.25) is 0 Å². The summed E-state index contributed by atoms with van der Waals surface area (Å²) in [5.41, 5.74) is 2.93. The van der Waals surface area contributed by atoms with Crippen LogP contribution in [0.15, 0.2) is 35.9 Å². The summed E-state index contributed by atoms with van der Waals surface area (Å²) in [6, 6.07) is 9.08. The summed E-state index contributed by atoms with van der Waals surface area (Å²) in [7, 11) is 0. The van der Waals surface area contributed by atoms with E-state index in [-0.39, 0.29) is 11.5 Å². The molecular weight excluding hydrogens is 300 g/mol. The summed E-state index contributed by atoms with van der Waals surface area (Å²) in [6.07, 6.45) is 2.53. The summed E-state index contributed by atoms with van der Waals surface area (Å²) in [5.74, 6) is 0.467. The lowest BCUT2D eigenvalue weighted by Crippen LogP contribution is -2.31. The fourth-order valence-electron chi connectivity index (χ4n) is 3.68. The van der Waals surface area contributed by atoms with E-state index in [4.69, 9.17) is 0 Å². The summed E-state index contributed by atoms with van der Waals surface area (Å²) in [4.78, 5) is 0. The summed E-state index contributed by atoms with van der Waals surface area (Å²) >= 11 is 0. The maximum atomic E-state index is 10.7. The van der Waals surface area contributed by atoms with Gasteiger partial charge in [-0.05, 0) is 88.8 Å². The van der Waals surface area contributed by atoms with Crippen molar-refractivity contribution in [2.75, 3.05) is 0 Å². The fourth-order valence-corrected chi connectivity index (χ4v) is 3.68. The number of fused-ring (bicyclic) bond motifs is 6. The molecule has 0 bridgehead atoms. The first-order valence-corrected chi connectivity index (χ1v) is 8.10. The zero-order chi connectivity index (χ0) is 17.2. The molecule has 4 rings (SSSR count). The minimum Gasteiger partial charge on any atom is -0.508 e. The zero-order valence-electron chi connectivity index (χ0n) is 14.0. The predicted octanol–water partition coefficient (Wildman–Crippen LogP) is 4.42. The van der Waals surface area contributed by atoms with Crippen molar-refractivity contribution >= 4 is 27.6 Å². The predicted molar refractivity (Wildman–Crippen MR) is 97.5 cm³/mol.